The van der Waals surface area contributed by atoms with Crippen molar-refractivity contribution in [2.24, 2.45) is 5.92 Å². The smallest absolute Gasteiger partial charge is 0.225 e. The van der Waals surface area contributed by atoms with E-state index >= 15 is 0 Å². The van der Waals surface area contributed by atoms with Crippen molar-refractivity contribution in [3.05, 3.63) is 22.4 Å². The number of amides is 1. The first-order chi connectivity index (χ1) is 9.24. The molecule has 0 aromatic carbocycles. The van der Waals surface area contributed by atoms with Crippen molar-refractivity contribution in [1.82, 2.24) is 10.2 Å². The highest BCUT2D eigenvalue weighted by Gasteiger charge is 2.14. The van der Waals surface area contributed by atoms with Crippen LogP contribution in [-0.2, 0) is 16.0 Å². The molecule has 106 valence electrons. The van der Waals surface area contributed by atoms with E-state index < -0.39 is 0 Å². The third-order valence-corrected chi connectivity index (χ3v) is 4.11. The Bertz CT molecular complexity index is 375. The number of carbonyl (C=O) groups is 1. The van der Waals surface area contributed by atoms with Crippen LogP contribution >= 0.6 is 11.3 Å². The highest BCUT2D eigenvalue weighted by Crippen LogP contribution is 2.09. The van der Waals surface area contributed by atoms with Gasteiger partial charge in [0.25, 0.3) is 0 Å². The maximum Gasteiger partial charge on any atom is 0.225 e. The molecule has 1 aromatic rings. The van der Waals surface area contributed by atoms with Crippen LogP contribution in [0.5, 0.6) is 0 Å². The van der Waals surface area contributed by atoms with Gasteiger partial charge in [0.15, 0.2) is 0 Å². The molecule has 1 fully saturated rings. The molecule has 0 saturated carbocycles. The van der Waals surface area contributed by atoms with Gasteiger partial charge >= 0.3 is 0 Å². The number of thiophene rings is 1. The Labute approximate surface area is 118 Å². The lowest BCUT2D eigenvalue weighted by atomic mass is 10.1. The maximum absolute atomic E-state index is 11.8. The molecular weight excluding hydrogens is 260 g/mol. The van der Waals surface area contributed by atoms with E-state index in [-0.39, 0.29) is 5.91 Å². The third kappa shape index (κ3) is 5.30. The van der Waals surface area contributed by atoms with E-state index in [4.69, 9.17) is 4.74 Å². The molecule has 0 bridgehead atoms. The van der Waals surface area contributed by atoms with Gasteiger partial charge in [-0.05, 0) is 17.4 Å². The molecule has 0 aliphatic carbocycles. The normalized spacial score (nSPS) is 18.2. The minimum atomic E-state index is 0.122. The summed E-state index contributed by atoms with van der Waals surface area (Å²) in [5, 5.41) is 5.02. The fourth-order valence-corrected chi connectivity index (χ4v) is 2.91. The van der Waals surface area contributed by atoms with Crippen LogP contribution < -0.4 is 5.32 Å². The van der Waals surface area contributed by atoms with E-state index in [1.165, 1.54) is 0 Å². The largest absolute Gasteiger partial charge is 0.379 e. The second-order valence-corrected chi connectivity index (χ2v) is 6.11. The summed E-state index contributed by atoms with van der Waals surface area (Å²) in [4.78, 5) is 15.3. The summed E-state index contributed by atoms with van der Waals surface area (Å²) in [5.41, 5.74) is 0. The molecule has 1 aliphatic heterocycles. The van der Waals surface area contributed by atoms with Gasteiger partial charge in [0.05, 0.1) is 19.6 Å². The number of ether oxygens (including phenoxy) is 1. The van der Waals surface area contributed by atoms with Gasteiger partial charge in [0.1, 0.15) is 0 Å². The van der Waals surface area contributed by atoms with E-state index in [2.05, 4.69) is 17.1 Å². The second kappa shape index (κ2) is 7.62. The molecule has 2 heterocycles. The average Bonchev–Trinajstić information content (AvgIpc) is 2.90. The Balaban J connectivity index is 1.62. The molecule has 5 heteroatoms. The van der Waals surface area contributed by atoms with Crippen LogP contribution in [0.4, 0.5) is 0 Å². The van der Waals surface area contributed by atoms with E-state index in [1.807, 2.05) is 17.5 Å². The summed E-state index contributed by atoms with van der Waals surface area (Å²) in [5.74, 6) is 0.599. The van der Waals surface area contributed by atoms with Crippen LogP contribution in [0.1, 0.15) is 11.8 Å². The van der Waals surface area contributed by atoms with Gasteiger partial charge < -0.3 is 10.1 Å². The molecule has 2 rings (SSSR count). The minimum absolute atomic E-state index is 0.122. The van der Waals surface area contributed by atoms with Gasteiger partial charge in [-0.25, -0.2) is 0 Å². The van der Waals surface area contributed by atoms with Gasteiger partial charge in [-0.1, -0.05) is 13.0 Å². The lowest BCUT2D eigenvalue weighted by molar-refractivity contribution is -0.120. The zero-order chi connectivity index (χ0) is 13.5. The zero-order valence-corrected chi connectivity index (χ0v) is 12.2. The van der Waals surface area contributed by atoms with Crippen molar-refractivity contribution in [1.29, 1.82) is 0 Å². The van der Waals surface area contributed by atoms with E-state index in [0.717, 1.165) is 44.3 Å². The number of carbonyl (C=O) groups excluding carboxylic acids is 1. The molecule has 1 aliphatic rings. The second-order valence-electron chi connectivity index (χ2n) is 5.08. The fourth-order valence-electron chi connectivity index (χ4n) is 2.21. The summed E-state index contributed by atoms with van der Waals surface area (Å²) < 4.78 is 5.33. The van der Waals surface area contributed by atoms with Crippen LogP contribution in [0.2, 0.25) is 0 Å². The quantitative estimate of drug-likeness (QED) is 0.857. The first kappa shape index (κ1) is 14.5. The molecule has 0 radical (unpaired) electrons. The molecule has 1 amide bonds. The van der Waals surface area contributed by atoms with Crippen molar-refractivity contribution in [3.8, 4) is 0 Å². The Morgan fingerprint density at radius 1 is 1.53 bits per heavy atom. The number of hydrogen-bond donors (Lipinski definition) is 1. The lowest BCUT2D eigenvalue weighted by Crippen LogP contribution is -2.41. The monoisotopic (exact) mass is 282 g/mol. The van der Waals surface area contributed by atoms with Gasteiger partial charge in [-0.3, -0.25) is 9.69 Å². The number of nitrogens with zero attached hydrogens (tertiary/aromatic N) is 1. The molecule has 1 saturated heterocycles. The Morgan fingerprint density at radius 2 is 2.32 bits per heavy atom. The van der Waals surface area contributed by atoms with Crippen LogP contribution in [0, 0.1) is 5.92 Å². The lowest BCUT2D eigenvalue weighted by Gasteiger charge is -2.29. The highest BCUT2D eigenvalue weighted by molar-refractivity contribution is 7.10. The molecule has 19 heavy (non-hydrogen) atoms. The predicted molar refractivity (Wildman–Crippen MR) is 77.5 cm³/mol. The topological polar surface area (TPSA) is 41.6 Å². The standard InChI is InChI=1S/C14H22N2O2S/c1-12(11-16-4-6-18-7-5-16)10-15-14(17)9-13-3-2-8-19-13/h2-3,8,12H,4-7,9-11H2,1H3,(H,15,17). The maximum atomic E-state index is 11.8. The Hall–Kier alpha value is -0.910. The summed E-state index contributed by atoms with van der Waals surface area (Å²) in [6.45, 7) is 7.64. The fraction of sp³-hybridized carbons (Fsp3) is 0.643. The van der Waals surface area contributed by atoms with Gasteiger partial charge in [-0.2, -0.15) is 0 Å². The number of nitrogens with one attached hydrogen (secondary N) is 1. The summed E-state index contributed by atoms with van der Waals surface area (Å²) in [7, 11) is 0. The molecule has 1 aromatic heterocycles. The Morgan fingerprint density at radius 3 is 3.00 bits per heavy atom. The van der Waals surface area contributed by atoms with Crippen molar-refractivity contribution in [2.45, 2.75) is 13.3 Å². The van der Waals surface area contributed by atoms with E-state index in [1.54, 1.807) is 11.3 Å². The number of rotatable bonds is 6. The van der Waals surface area contributed by atoms with Crippen LogP contribution in [-0.4, -0.2) is 50.2 Å². The minimum Gasteiger partial charge on any atom is -0.379 e. The van der Waals surface area contributed by atoms with Gasteiger partial charge in [0.2, 0.25) is 5.91 Å². The summed E-state index contributed by atoms with van der Waals surface area (Å²) in [6.07, 6.45) is 0.502. The SMILES string of the molecule is CC(CNC(=O)Cc1cccs1)CN1CCOCC1. The van der Waals surface area contributed by atoms with Crippen molar-refractivity contribution in [2.75, 3.05) is 39.4 Å². The molecule has 1 unspecified atom stereocenters. The van der Waals surface area contributed by atoms with Crippen molar-refractivity contribution >= 4 is 17.2 Å². The number of hydrogen-bond acceptors (Lipinski definition) is 4. The van der Waals surface area contributed by atoms with Crippen molar-refractivity contribution < 1.29 is 9.53 Å². The van der Waals surface area contributed by atoms with Gasteiger partial charge in [0, 0.05) is 31.1 Å². The average molecular weight is 282 g/mol. The van der Waals surface area contributed by atoms with E-state index in [0.29, 0.717) is 12.3 Å². The van der Waals surface area contributed by atoms with Crippen LogP contribution in [0.25, 0.3) is 0 Å². The van der Waals surface area contributed by atoms with Crippen LogP contribution in [0.15, 0.2) is 17.5 Å². The molecular formula is C14H22N2O2S. The van der Waals surface area contributed by atoms with Gasteiger partial charge in [-0.15, -0.1) is 11.3 Å². The van der Waals surface area contributed by atoms with E-state index in [9.17, 15) is 4.79 Å². The predicted octanol–water partition coefficient (Wildman–Crippen LogP) is 1.38. The number of morpholine rings is 1. The van der Waals surface area contributed by atoms with Crippen molar-refractivity contribution in [3.63, 3.8) is 0 Å². The van der Waals surface area contributed by atoms with Crippen LogP contribution in [0.3, 0.4) is 0 Å². The zero-order valence-electron chi connectivity index (χ0n) is 11.4. The molecule has 1 N–H and O–H groups in total. The summed E-state index contributed by atoms with van der Waals surface area (Å²) >= 11 is 1.63. The molecule has 4 nitrogen and oxygen atoms in total. The summed E-state index contributed by atoms with van der Waals surface area (Å²) in [6, 6.07) is 3.98. The molecule has 0 spiro atoms. The first-order valence-electron chi connectivity index (χ1n) is 6.83. The highest BCUT2D eigenvalue weighted by atomic mass is 32.1. The Kier molecular flexibility index (Phi) is 5.82. The first-order valence-corrected chi connectivity index (χ1v) is 7.71. The third-order valence-electron chi connectivity index (χ3n) is 3.24. The molecule has 1 atom stereocenters.